The summed E-state index contributed by atoms with van der Waals surface area (Å²) in [5, 5.41) is 1.98. The Bertz CT molecular complexity index is 865. The van der Waals surface area contributed by atoms with E-state index in [2.05, 4.69) is 26.0 Å². The minimum absolute atomic E-state index is 0.438. The second-order valence-electron chi connectivity index (χ2n) is 5.60. The second kappa shape index (κ2) is 8.23. The lowest BCUT2D eigenvalue weighted by Crippen LogP contribution is -2.49. The largest absolute Gasteiger partial charge is 0.442 e. The number of alkyl carbamates (subject to hydrolysis) is 1. The third-order valence-electron chi connectivity index (χ3n) is 3.69. The van der Waals surface area contributed by atoms with Crippen LogP contribution in [-0.4, -0.2) is 11.2 Å². The molecule has 0 aromatic heterocycles. The molecule has 2 aromatic carbocycles. The molecule has 1 unspecified atom stereocenters. The van der Waals surface area contributed by atoms with Crippen LogP contribution in [0, 0.1) is 0 Å². The van der Waals surface area contributed by atoms with Gasteiger partial charge in [0.05, 0.1) is 0 Å². The number of alkyl halides is 1. The molecule has 0 saturated carbocycles. The van der Waals surface area contributed by atoms with Crippen molar-refractivity contribution >= 4 is 62.1 Å². The molecule has 0 bridgehead atoms. The Hall–Kier alpha value is -1.18. The van der Waals surface area contributed by atoms with Crippen LogP contribution in [0.2, 0.25) is 5.02 Å². The van der Waals surface area contributed by atoms with Crippen molar-refractivity contribution in [2.45, 2.75) is 18.1 Å². The zero-order chi connectivity index (χ0) is 18.7. The molecule has 0 radical (unpaired) electrons. The third-order valence-corrected chi connectivity index (χ3v) is 6.13. The van der Waals surface area contributed by atoms with Crippen molar-refractivity contribution in [3.8, 4) is 0 Å². The summed E-state index contributed by atoms with van der Waals surface area (Å²) in [6.45, 7) is 1.79. The van der Waals surface area contributed by atoms with Crippen LogP contribution in [-0.2, 0) is 4.74 Å². The first-order valence-electron chi connectivity index (χ1n) is 7.72. The maximum Gasteiger partial charge on any atom is 0.410 e. The Kier molecular flexibility index (Phi) is 6.20. The SMILES string of the molecule is C[C@@H](OC(=O)NC1(Cl)C=C(c2ccccc2Cl)SN1)c1ccccc1Br. The summed E-state index contributed by atoms with van der Waals surface area (Å²) in [5.74, 6) is 0. The van der Waals surface area contributed by atoms with E-state index in [1.54, 1.807) is 19.1 Å². The van der Waals surface area contributed by atoms with Gasteiger partial charge in [-0.15, -0.1) is 0 Å². The van der Waals surface area contributed by atoms with Crippen molar-refractivity contribution in [3.05, 3.63) is 75.2 Å². The number of carbonyl (C=O) groups is 1. The summed E-state index contributed by atoms with van der Waals surface area (Å²) in [4.78, 5) is 13.1. The number of nitrogens with one attached hydrogen (secondary N) is 2. The van der Waals surface area contributed by atoms with Crippen LogP contribution in [0.25, 0.3) is 4.91 Å². The van der Waals surface area contributed by atoms with Gasteiger partial charge in [-0.25, -0.2) is 9.52 Å². The molecule has 2 N–H and O–H groups in total. The molecule has 2 atom stereocenters. The van der Waals surface area contributed by atoms with Crippen molar-refractivity contribution < 1.29 is 9.53 Å². The van der Waals surface area contributed by atoms with E-state index in [4.69, 9.17) is 27.9 Å². The Morgan fingerprint density at radius 3 is 2.69 bits per heavy atom. The van der Waals surface area contributed by atoms with Gasteiger partial charge in [0, 0.05) is 25.5 Å². The number of amides is 1. The van der Waals surface area contributed by atoms with E-state index in [-0.39, 0.29) is 0 Å². The molecule has 8 heteroatoms. The summed E-state index contributed by atoms with van der Waals surface area (Å²) < 4.78 is 9.29. The fourth-order valence-electron chi connectivity index (χ4n) is 2.43. The first kappa shape index (κ1) is 19.6. The van der Waals surface area contributed by atoms with Crippen molar-refractivity contribution in [1.82, 2.24) is 10.0 Å². The Balaban J connectivity index is 1.68. The fourth-order valence-corrected chi connectivity index (χ4v) is 4.59. The van der Waals surface area contributed by atoms with E-state index in [0.717, 1.165) is 20.5 Å². The van der Waals surface area contributed by atoms with Crippen LogP contribution >= 0.6 is 51.1 Å². The Morgan fingerprint density at radius 1 is 1.27 bits per heavy atom. The molecular weight excluding hydrogens is 459 g/mol. The number of halogens is 3. The lowest BCUT2D eigenvalue weighted by molar-refractivity contribution is 0.103. The predicted molar refractivity (Wildman–Crippen MR) is 111 cm³/mol. The van der Waals surface area contributed by atoms with Crippen LogP contribution in [0.4, 0.5) is 4.79 Å². The summed E-state index contributed by atoms with van der Waals surface area (Å²) in [5.41, 5.74) is 1.71. The lowest BCUT2D eigenvalue weighted by Gasteiger charge is -2.22. The van der Waals surface area contributed by atoms with E-state index < -0.39 is 17.3 Å². The summed E-state index contributed by atoms with van der Waals surface area (Å²) in [7, 11) is 0. The van der Waals surface area contributed by atoms with Gasteiger partial charge in [0.1, 0.15) is 6.10 Å². The van der Waals surface area contributed by atoms with Crippen LogP contribution in [0.5, 0.6) is 0 Å². The van der Waals surface area contributed by atoms with Crippen molar-refractivity contribution in [3.63, 3.8) is 0 Å². The number of carbonyl (C=O) groups excluding carboxylic acids is 1. The maximum atomic E-state index is 12.3. The van der Waals surface area contributed by atoms with Gasteiger partial charge in [-0.3, -0.25) is 5.32 Å². The molecule has 0 saturated heterocycles. The standard InChI is InChI=1S/C18H15BrCl2N2O2S/c1-11(12-6-2-4-8-14(12)19)25-17(24)22-18(21)10-16(26-23-18)13-7-3-5-9-15(13)20/h2-11,23H,1H3,(H,22,24)/t11-,18?/m1/s1. The number of hydrogen-bond donors (Lipinski definition) is 2. The highest BCUT2D eigenvalue weighted by Crippen LogP contribution is 2.39. The van der Waals surface area contributed by atoms with Gasteiger partial charge in [0.15, 0.2) is 0 Å². The zero-order valence-corrected chi connectivity index (χ0v) is 17.5. The van der Waals surface area contributed by atoms with Crippen LogP contribution in [0.15, 0.2) is 59.1 Å². The van der Waals surface area contributed by atoms with Crippen LogP contribution < -0.4 is 10.0 Å². The monoisotopic (exact) mass is 472 g/mol. The Morgan fingerprint density at radius 2 is 1.96 bits per heavy atom. The van der Waals surface area contributed by atoms with Crippen molar-refractivity contribution in [2.75, 3.05) is 0 Å². The molecule has 0 fully saturated rings. The average molecular weight is 474 g/mol. The molecule has 1 aliphatic rings. The molecule has 4 nitrogen and oxygen atoms in total. The minimum Gasteiger partial charge on any atom is -0.442 e. The van der Waals surface area contributed by atoms with Crippen molar-refractivity contribution in [2.24, 2.45) is 0 Å². The maximum absolute atomic E-state index is 12.3. The molecule has 1 amide bonds. The van der Waals surface area contributed by atoms with Gasteiger partial charge in [0.25, 0.3) is 0 Å². The lowest BCUT2D eigenvalue weighted by atomic mass is 10.1. The molecule has 2 aromatic rings. The highest BCUT2D eigenvalue weighted by Gasteiger charge is 2.34. The smallest absolute Gasteiger partial charge is 0.410 e. The first-order chi connectivity index (χ1) is 12.4. The van der Waals surface area contributed by atoms with Gasteiger partial charge in [-0.1, -0.05) is 75.5 Å². The highest BCUT2D eigenvalue weighted by molar-refractivity contribution is 9.10. The average Bonchev–Trinajstić information content (AvgIpc) is 2.97. The predicted octanol–water partition coefficient (Wildman–Crippen LogP) is 6.07. The van der Waals surface area contributed by atoms with E-state index in [1.807, 2.05) is 42.5 Å². The van der Waals surface area contributed by atoms with E-state index >= 15 is 0 Å². The molecule has 26 heavy (non-hydrogen) atoms. The topological polar surface area (TPSA) is 50.4 Å². The molecule has 1 heterocycles. The van der Waals surface area contributed by atoms with E-state index in [0.29, 0.717) is 5.02 Å². The molecule has 0 spiro atoms. The zero-order valence-electron chi connectivity index (χ0n) is 13.6. The molecular formula is C18H15BrCl2N2O2S. The number of hydrogen-bond acceptors (Lipinski definition) is 4. The molecule has 0 aliphatic carbocycles. The third kappa shape index (κ3) is 4.56. The number of rotatable bonds is 4. The molecule has 3 rings (SSSR count). The molecule has 1 aliphatic heterocycles. The second-order valence-corrected chi connectivity index (χ2v) is 8.30. The fraction of sp³-hybridized carbons (Fsp3) is 0.167. The van der Waals surface area contributed by atoms with Gasteiger partial charge >= 0.3 is 6.09 Å². The number of ether oxygens (including phenoxy) is 1. The summed E-state index contributed by atoms with van der Waals surface area (Å²) in [6, 6.07) is 15.0. The van der Waals surface area contributed by atoms with Gasteiger partial charge in [-0.2, -0.15) is 0 Å². The van der Waals surface area contributed by atoms with Crippen LogP contribution in [0.3, 0.4) is 0 Å². The minimum atomic E-state index is -1.26. The number of benzene rings is 2. The molecule has 136 valence electrons. The van der Waals surface area contributed by atoms with E-state index in [1.165, 1.54) is 11.9 Å². The van der Waals surface area contributed by atoms with Crippen molar-refractivity contribution in [1.29, 1.82) is 0 Å². The Labute approximate surface area is 174 Å². The highest BCUT2D eigenvalue weighted by atomic mass is 79.9. The first-order valence-corrected chi connectivity index (χ1v) is 10.1. The summed E-state index contributed by atoms with van der Waals surface area (Å²) >= 11 is 17.4. The van der Waals surface area contributed by atoms with E-state index in [9.17, 15) is 4.79 Å². The van der Waals surface area contributed by atoms with Gasteiger partial charge in [0.2, 0.25) is 5.12 Å². The van der Waals surface area contributed by atoms with Gasteiger partial charge < -0.3 is 4.74 Å². The van der Waals surface area contributed by atoms with Gasteiger partial charge in [-0.05, 0) is 37.1 Å². The quantitative estimate of drug-likeness (QED) is 0.321. The summed E-state index contributed by atoms with van der Waals surface area (Å²) in [6.07, 6.45) is 0.630. The normalized spacial score (nSPS) is 20.4. The van der Waals surface area contributed by atoms with Crippen LogP contribution in [0.1, 0.15) is 24.2 Å².